The quantitative estimate of drug-likeness (QED) is 0.674. The van der Waals surface area contributed by atoms with Crippen LogP contribution in [0.3, 0.4) is 0 Å². The molecule has 1 unspecified atom stereocenters. The number of hydrogen-bond acceptors (Lipinski definition) is 2. The molecule has 1 heterocycles. The molecule has 0 spiro atoms. The Kier molecular flexibility index (Phi) is 5.16. The third-order valence-corrected chi connectivity index (χ3v) is 2.96. The van der Waals surface area contributed by atoms with E-state index in [-0.39, 0.29) is 0 Å². The highest BCUT2D eigenvalue weighted by Crippen LogP contribution is 2.12. The van der Waals surface area contributed by atoms with Crippen molar-refractivity contribution < 1.29 is 0 Å². The Balaban J connectivity index is 2.39. The highest BCUT2D eigenvalue weighted by atomic mass is 15.1. The van der Waals surface area contributed by atoms with Crippen LogP contribution in [0.4, 0.5) is 0 Å². The van der Waals surface area contributed by atoms with Crippen molar-refractivity contribution in [2.45, 2.75) is 33.1 Å². The van der Waals surface area contributed by atoms with E-state index in [1.165, 1.54) is 18.5 Å². The van der Waals surface area contributed by atoms with Crippen LogP contribution in [0.2, 0.25) is 0 Å². The normalized spacial score (nSPS) is 17.1. The average molecular weight is 206 g/mol. The van der Waals surface area contributed by atoms with E-state index in [9.17, 15) is 0 Å². The van der Waals surface area contributed by atoms with Crippen LogP contribution in [0.5, 0.6) is 0 Å². The van der Waals surface area contributed by atoms with Crippen molar-refractivity contribution in [2.75, 3.05) is 13.6 Å². The van der Waals surface area contributed by atoms with Crippen molar-refractivity contribution in [3.63, 3.8) is 0 Å². The van der Waals surface area contributed by atoms with E-state index in [0.29, 0.717) is 0 Å². The molecule has 0 aromatic carbocycles. The molecule has 0 amide bonds. The molecule has 0 bridgehead atoms. The van der Waals surface area contributed by atoms with Gasteiger partial charge in [0, 0.05) is 38.1 Å². The summed E-state index contributed by atoms with van der Waals surface area (Å²) in [5, 5.41) is 0. The Morgan fingerprint density at radius 1 is 1.53 bits per heavy atom. The third-order valence-electron chi connectivity index (χ3n) is 2.96. The van der Waals surface area contributed by atoms with E-state index in [1.54, 1.807) is 0 Å². The van der Waals surface area contributed by atoms with Crippen LogP contribution < -0.4 is 0 Å². The predicted molar refractivity (Wildman–Crippen MR) is 67.0 cm³/mol. The molecule has 1 rings (SSSR count). The lowest BCUT2D eigenvalue weighted by atomic mass is 10.1. The van der Waals surface area contributed by atoms with Gasteiger partial charge in [-0.3, -0.25) is 4.99 Å². The summed E-state index contributed by atoms with van der Waals surface area (Å²) < 4.78 is 0. The summed E-state index contributed by atoms with van der Waals surface area (Å²) in [6.07, 6.45) is 11.6. The summed E-state index contributed by atoms with van der Waals surface area (Å²) in [6, 6.07) is 0. The molecule has 0 radical (unpaired) electrons. The highest BCUT2D eigenvalue weighted by molar-refractivity contribution is 5.61. The zero-order chi connectivity index (χ0) is 11.1. The van der Waals surface area contributed by atoms with Crippen molar-refractivity contribution in [1.82, 2.24) is 4.90 Å². The minimum absolute atomic E-state index is 0.819. The fraction of sp³-hybridized carbons (Fsp3) is 0.615. The molecule has 0 N–H and O–H groups in total. The van der Waals surface area contributed by atoms with Gasteiger partial charge < -0.3 is 4.90 Å². The maximum absolute atomic E-state index is 4.13. The maximum Gasteiger partial charge on any atom is 0.0342 e. The first kappa shape index (κ1) is 12.0. The van der Waals surface area contributed by atoms with Crippen LogP contribution in [0.15, 0.2) is 29.0 Å². The summed E-state index contributed by atoms with van der Waals surface area (Å²) in [6.45, 7) is 5.70. The molecule has 2 nitrogen and oxygen atoms in total. The average Bonchev–Trinajstić information content (AvgIpc) is 2.53. The molecule has 1 atom stereocenters. The lowest BCUT2D eigenvalue weighted by Gasteiger charge is -2.21. The Labute approximate surface area is 93.4 Å². The first-order valence-corrected chi connectivity index (χ1v) is 5.83. The van der Waals surface area contributed by atoms with Crippen LogP contribution in [0.1, 0.15) is 33.1 Å². The lowest BCUT2D eigenvalue weighted by Crippen LogP contribution is -2.19. The number of allylic oxidation sites excluding steroid dienone is 2. The number of nitrogens with zero attached hydrogens (tertiary/aromatic N) is 2. The van der Waals surface area contributed by atoms with Gasteiger partial charge in [0.05, 0.1) is 0 Å². The van der Waals surface area contributed by atoms with Gasteiger partial charge in [-0.15, -0.1) is 0 Å². The van der Waals surface area contributed by atoms with Gasteiger partial charge >= 0.3 is 0 Å². The highest BCUT2D eigenvalue weighted by Gasteiger charge is 2.04. The molecule has 0 saturated heterocycles. The summed E-state index contributed by atoms with van der Waals surface area (Å²) in [4.78, 5) is 6.45. The molecule has 0 aliphatic carbocycles. The van der Waals surface area contributed by atoms with E-state index >= 15 is 0 Å². The molecule has 1 aliphatic rings. The van der Waals surface area contributed by atoms with E-state index in [1.807, 2.05) is 12.4 Å². The topological polar surface area (TPSA) is 15.6 Å². The first-order valence-electron chi connectivity index (χ1n) is 5.83. The van der Waals surface area contributed by atoms with Crippen molar-refractivity contribution in [3.05, 3.63) is 24.0 Å². The zero-order valence-corrected chi connectivity index (χ0v) is 10.1. The van der Waals surface area contributed by atoms with Crippen molar-refractivity contribution in [3.8, 4) is 0 Å². The largest absolute Gasteiger partial charge is 0.375 e. The zero-order valence-electron chi connectivity index (χ0n) is 10.1. The van der Waals surface area contributed by atoms with Gasteiger partial charge in [0.15, 0.2) is 0 Å². The van der Waals surface area contributed by atoms with E-state index in [4.69, 9.17) is 0 Å². The molecule has 1 aliphatic heterocycles. The second-order valence-electron chi connectivity index (χ2n) is 4.24. The smallest absolute Gasteiger partial charge is 0.0342 e. The van der Waals surface area contributed by atoms with Crippen molar-refractivity contribution >= 4 is 6.21 Å². The first-order chi connectivity index (χ1) is 7.24. The molecule has 0 fully saturated rings. The van der Waals surface area contributed by atoms with E-state index < -0.39 is 0 Å². The van der Waals surface area contributed by atoms with Crippen LogP contribution >= 0.6 is 0 Å². The minimum Gasteiger partial charge on any atom is -0.375 e. The SMILES string of the molecule is CCC(C)CCN(C)C1=CCC=NC=C1. The second-order valence-corrected chi connectivity index (χ2v) is 4.24. The Morgan fingerprint density at radius 2 is 2.33 bits per heavy atom. The summed E-state index contributed by atoms with van der Waals surface area (Å²) >= 11 is 0. The molecule has 84 valence electrons. The van der Waals surface area contributed by atoms with Crippen LogP contribution in [0, 0.1) is 5.92 Å². The van der Waals surface area contributed by atoms with Gasteiger partial charge in [-0.05, 0) is 18.4 Å². The van der Waals surface area contributed by atoms with Gasteiger partial charge in [0.1, 0.15) is 0 Å². The molecule has 0 aromatic rings. The Bertz CT molecular complexity index is 264. The fourth-order valence-electron chi connectivity index (χ4n) is 1.51. The Hall–Kier alpha value is -1.05. The molecule has 0 aromatic heterocycles. The number of hydrogen-bond donors (Lipinski definition) is 0. The van der Waals surface area contributed by atoms with Gasteiger partial charge in [0.2, 0.25) is 0 Å². The lowest BCUT2D eigenvalue weighted by molar-refractivity contribution is 0.370. The minimum atomic E-state index is 0.819. The van der Waals surface area contributed by atoms with Gasteiger partial charge in [-0.2, -0.15) is 0 Å². The van der Waals surface area contributed by atoms with Crippen LogP contribution in [0.25, 0.3) is 0 Å². The molecular weight excluding hydrogens is 184 g/mol. The molecular formula is C13H22N2. The second kappa shape index (κ2) is 6.44. The van der Waals surface area contributed by atoms with Gasteiger partial charge in [0.25, 0.3) is 0 Å². The Morgan fingerprint density at radius 3 is 3.07 bits per heavy atom. The molecule has 2 heteroatoms. The van der Waals surface area contributed by atoms with Crippen LogP contribution in [-0.2, 0) is 0 Å². The summed E-state index contributed by atoms with van der Waals surface area (Å²) in [7, 11) is 2.16. The van der Waals surface area contributed by atoms with Crippen molar-refractivity contribution in [1.29, 1.82) is 0 Å². The molecule has 0 saturated carbocycles. The third kappa shape index (κ3) is 4.32. The predicted octanol–water partition coefficient (Wildman–Crippen LogP) is 3.23. The number of rotatable bonds is 5. The maximum atomic E-state index is 4.13. The number of likely N-dealkylation sites (N-methyl/N-ethyl adjacent to an activating group) is 1. The number of aliphatic imine (C=N–C) groups is 1. The fourth-order valence-corrected chi connectivity index (χ4v) is 1.51. The van der Waals surface area contributed by atoms with Gasteiger partial charge in [-0.25, -0.2) is 0 Å². The van der Waals surface area contributed by atoms with Crippen LogP contribution in [-0.4, -0.2) is 24.7 Å². The monoisotopic (exact) mass is 206 g/mol. The summed E-state index contributed by atoms with van der Waals surface area (Å²) in [5.41, 5.74) is 1.29. The molecule has 15 heavy (non-hydrogen) atoms. The van der Waals surface area contributed by atoms with Gasteiger partial charge in [-0.1, -0.05) is 26.3 Å². The van der Waals surface area contributed by atoms with E-state index in [0.717, 1.165) is 18.9 Å². The summed E-state index contributed by atoms with van der Waals surface area (Å²) in [5.74, 6) is 0.819. The standard InChI is InChI=1S/C13H22N2/c1-4-12(2)8-11-15(3)13-6-5-9-14-10-7-13/h6-7,9-10,12H,4-5,8,11H2,1-3H3. The van der Waals surface area contributed by atoms with E-state index in [2.05, 4.69) is 42.9 Å². The van der Waals surface area contributed by atoms with Crippen molar-refractivity contribution in [2.24, 2.45) is 10.9 Å².